The van der Waals surface area contributed by atoms with Crippen molar-refractivity contribution in [1.29, 1.82) is 0 Å². The molecule has 1 aromatic carbocycles. The molecular formula is C18H27N3O5S2. The zero-order valence-electron chi connectivity index (χ0n) is 16.2. The van der Waals surface area contributed by atoms with Gasteiger partial charge in [-0.3, -0.25) is 4.79 Å². The van der Waals surface area contributed by atoms with Crippen LogP contribution in [0.5, 0.6) is 0 Å². The van der Waals surface area contributed by atoms with Gasteiger partial charge in [0.05, 0.1) is 11.2 Å². The molecule has 2 aliphatic rings. The van der Waals surface area contributed by atoms with E-state index < -0.39 is 26.1 Å². The fraction of sp³-hybridized carbons (Fsp3) is 0.611. The fourth-order valence-electron chi connectivity index (χ4n) is 3.93. The van der Waals surface area contributed by atoms with E-state index in [9.17, 15) is 21.6 Å². The number of piperidine rings is 1. The van der Waals surface area contributed by atoms with Crippen molar-refractivity contribution in [3.05, 3.63) is 30.3 Å². The van der Waals surface area contributed by atoms with Gasteiger partial charge in [-0.25, -0.2) is 21.1 Å². The Morgan fingerprint density at radius 3 is 2.18 bits per heavy atom. The smallest absolute Gasteiger partial charge is 0.243 e. The summed E-state index contributed by atoms with van der Waals surface area (Å²) < 4.78 is 52.0. The number of carbonyl (C=O) groups excluding carboxylic acids is 1. The molecule has 0 N–H and O–H groups in total. The average molecular weight is 430 g/mol. The van der Waals surface area contributed by atoms with Crippen LogP contribution in [0.15, 0.2) is 35.2 Å². The van der Waals surface area contributed by atoms with E-state index in [-0.39, 0.29) is 16.8 Å². The summed E-state index contributed by atoms with van der Waals surface area (Å²) in [5, 5.41) is 0. The maximum absolute atomic E-state index is 13.1. The first-order chi connectivity index (χ1) is 13.1. The lowest BCUT2D eigenvalue weighted by Crippen LogP contribution is -2.52. The zero-order valence-corrected chi connectivity index (χ0v) is 17.8. The Bertz CT molecular complexity index is 910. The molecule has 3 rings (SSSR count). The molecular weight excluding hydrogens is 402 g/mol. The first kappa shape index (κ1) is 21.2. The lowest BCUT2D eigenvalue weighted by molar-refractivity contribution is -0.135. The second-order valence-corrected chi connectivity index (χ2v) is 11.4. The normalized spacial score (nSPS) is 22.7. The summed E-state index contributed by atoms with van der Waals surface area (Å²) in [6.45, 7) is 1.19. The van der Waals surface area contributed by atoms with E-state index >= 15 is 0 Å². The van der Waals surface area contributed by atoms with Crippen LogP contribution >= 0.6 is 0 Å². The van der Waals surface area contributed by atoms with Gasteiger partial charge in [0, 0.05) is 32.7 Å². The third-order valence-electron chi connectivity index (χ3n) is 5.65. The van der Waals surface area contributed by atoms with Crippen molar-refractivity contribution in [2.45, 2.75) is 42.7 Å². The van der Waals surface area contributed by atoms with E-state index in [2.05, 4.69) is 0 Å². The molecule has 0 bridgehead atoms. The van der Waals surface area contributed by atoms with E-state index in [1.165, 1.54) is 14.9 Å². The Labute approximate surface area is 167 Å². The molecule has 28 heavy (non-hydrogen) atoms. The summed E-state index contributed by atoms with van der Waals surface area (Å²) in [5.41, 5.74) is 0. The number of carbonyl (C=O) groups is 1. The van der Waals surface area contributed by atoms with Gasteiger partial charge < -0.3 is 4.90 Å². The third kappa shape index (κ3) is 4.24. The summed E-state index contributed by atoms with van der Waals surface area (Å²) >= 11 is 0. The zero-order chi connectivity index (χ0) is 20.5. The SMILES string of the molecule is CN(C1CCN(C(=O)C2CCCN2S(=O)(=O)c2ccccc2)CC1)S(C)(=O)=O. The Morgan fingerprint density at radius 1 is 1.00 bits per heavy atom. The minimum Gasteiger partial charge on any atom is -0.341 e. The van der Waals surface area contributed by atoms with Crippen LogP contribution in [0.3, 0.4) is 0 Å². The number of rotatable bonds is 5. The van der Waals surface area contributed by atoms with Gasteiger partial charge in [-0.1, -0.05) is 18.2 Å². The van der Waals surface area contributed by atoms with Gasteiger partial charge in [0.15, 0.2) is 0 Å². The number of benzene rings is 1. The number of hydrogen-bond donors (Lipinski definition) is 0. The molecule has 156 valence electrons. The molecule has 10 heteroatoms. The summed E-state index contributed by atoms with van der Waals surface area (Å²) in [7, 11) is -5.43. The molecule has 2 aliphatic heterocycles. The Morgan fingerprint density at radius 2 is 1.61 bits per heavy atom. The minimum atomic E-state index is -3.72. The number of likely N-dealkylation sites (tertiary alicyclic amines) is 1. The highest BCUT2D eigenvalue weighted by Gasteiger charge is 2.42. The molecule has 1 aromatic rings. The predicted molar refractivity (Wildman–Crippen MR) is 106 cm³/mol. The molecule has 1 atom stereocenters. The maximum Gasteiger partial charge on any atom is 0.243 e. The van der Waals surface area contributed by atoms with Gasteiger partial charge in [-0.05, 0) is 37.8 Å². The van der Waals surface area contributed by atoms with E-state index in [4.69, 9.17) is 0 Å². The number of hydrogen-bond acceptors (Lipinski definition) is 5. The van der Waals surface area contributed by atoms with Crippen molar-refractivity contribution >= 4 is 26.0 Å². The van der Waals surface area contributed by atoms with Gasteiger partial charge in [0.1, 0.15) is 6.04 Å². The third-order valence-corrected chi connectivity index (χ3v) is 8.92. The first-order valence-electron chi connectivity index (χ1n) is 9.41. The highest BCUT2D eigenvalue weighted by molar-refractivity contribution is 7.89. The standard InChI is InChI=1S/C18H27N3O5S2/c1-19(27(2,23)24)15-10-13-20(14-11-15)18(22)17-9-6-12-21(17)28(25,26)16-7-4-3-5-8-16/h3-5,7-8,15,17H,6,9-14H2,1-2H3. The van der Waals surface area contributed by atoms with Crippen LogP contribution in [0.25, 0.3) is 0 Å². The largest absolute Gasteiger partial charge is 0.341 e. The molecule has 0 aromatic heterocycles. The lowest BCUT2D eigenvalue weighted by atomic mass is 10.0. The molecule has 8 nitrogen and oxygen atoms in total. The van der Waals surface area contributed by atoms with Crippen LogP contribution in [-0.4, -0.2) is 81.3 Å². The second-order valence-electron chi connectivity index (χ2n) is 7.42. The quantitative estimate of drug-likeness (QED) is 0.687. The van der Waals surface area contributed by atoms with Crippen molar-refractivity contribution in [1.82, 2.24) is 13.5 Å². The van der Waals surface area contributed by atoms with Crippen LogP contribution in [-0.2, 0) is 24.8 Å². The summed E-state index contributed by atoms with van der Waals surface area (Å²) in [5.74, 6) is -0.183. The highest BCUT2D eigenvalue weighted by atomic mass is 32.2. The summed E-state index contributed by atoms with van der Waals surface area (Å²) in [6.07, 6.45) is 3.43. The Balaban J connectivity index is 1.69. The molecule has 2 heterocycles. The molecule has 1 amide bonds. The van der Waals surface area contributed by atoms with Crippen LogP contribution in [0.2, 0.25) is 0 Å². The molecule has 2 fully saturated rings. The number of nitrogens with zero attached hydrogens (tertiary/aromatic N) is 3. The van der Waals surface area contributed by atoms with Crippen LogP contribution < -0.4 is 0 Å². The maximum atomic E-state index is 13.1. The Hall–Kier alpha value is -1.49. The summed E-state index contributed by atoms with van der Waals surface area (Å²) in [4.78, 5) is 14.9. The molecule has 0 radical (unpaired) electrons. The topological polar surface area (TPSA) is 95.1 Å². The minimum absolute atomic E-state index is 0.133. The fourth-order valence-corrected chi connectivity index (χ4v) is 6.36. The van der Waals surface area contributed by atoms with Crippen molar-refractivity contribution < 1.29 is 21.6 Å². The van der Waals surface area contributed by atoms with Gasteiger partial charge >= 0.3 is 0 Å². The van der Waals surface area contributed by atoms with Gasteiger partial charge in [0.25, 0.3) is 0 Å². The van der Waals surface area contributed by atoms with Crippen molar-refractivity contribution in [2.75, 3.05) is 32.9 Å². The van der Waals surface area contributed by atoms with Gasteiger partial charge in [-0.2, -0.15) is 4.31 Å². The van der Waals surface area contributed by atoms with Crippen LogP contribution in [0.1, 0.15) is 25.7 Å². The molecule has 0 aliphatic carbocycles. The van der Waals surface area contributed by atoms with E-state index in [0.29, 0.717) is 45.3 Å². The highest BCUT2D eigenvalue weighted by Crippen LogP contribution is 2.28. The average Bonchev–Trinajstić information content (AvgIpc) is 3.17. The second kappa shape index (κ2) is 8.10. The van der Waals surface area contributed by atoms with Crippen molar-refractivity contribution in [3.63, 3.8) is 0 Å². The van der Waals surface area contributed by atoms with Crippen molar-refractivity contribution in [3.8, 4) is 0 Å². The molecule has 0 saturated carbocycles. The van der Waals surface area contributed by atoms with Gasteiger partial charge in [-0.15, -0.1) is 0 Å². The number of amides is 1. The van der Waals surface area contributed by atoms with Crippen LogP contribution in [0.4, 0.5) is 0 Å². The number of sulfonamides is 2. The molecule has 0 spiro atoms. The van der Waals surface area contributed by atoms with E-state index in [0.717, 1.165) is 0 Å². The monoisotopic (exact) mass is 429 g/mol. The molecule has 2 saturated heterocycles. The summed E-state index contributed by atoms with van der Waals surface area (Å²) in [6, 6.07) is 7.36. The van der Waals surface area contributed by atoms with E-state index in [1.807, 2.05) is 0 Å². The Kier molecular flexibility index (Phi) is 6.14. The molecule has 1 unspecified atom stereocenters. The lowest BCUT2D eigenvalue weighted by Gasteiger charge is -2.37. The first-order valence-corrected chi connectivity index (χ1v) is 12.7. The van der Waals surface area contributed by atoms with Gasteiger partial charge in [0.2, 0.25) is 26.0 Å². The van der Waals surface area contributed by atoms with Crippen LogP contribution in [0, 0.1) is 0 Å². The van der Waals surface area contributed by atoms with Crippen molar-refractivity contribution in [2.24, 2.45) is 0 Å². The predicted octanol–water partition coefficient (Wildman–Crippen LogP) is 0.722. The van der Waals surface area contributed by atoms with E-state index in [1.54, 1.807) is 42.3 Å².